The van der Waals surface area contributed by atoms with E-state index in [0.717, 1.165) is 29.5 Å². The number of ether oxygens (including phenoxy) is 1. The summed E-state index contributed by atoms with van der Waals surface area (Å²) in [6.45, 7) is 6.13. The van der Waals surface area contributed by atoms with E-state index in [1.807, 2.05) is 12.1 Å². The van der Waals surface area contributed by atoms with Crippen molar-refractivity contribution in [2.24, 2.45) is 5.92 Å². The summed E-state index contributed by atoms with van der Waals surface area (Å²) in [5, 5.41) is 3.11. The zero-order chi connectivity index (χ0) is 18.9. The Labute approximate surface area is 164 Å². The van der Waals surface area contributed by atoms with Crippen molar-refractivity contribution in [1.29, 1.82) is 0 Å². The van der Waals surface area contributed by atoms with Gasteiger partial charge in [0.05, 0.1) is 23.8 Å². The zero-order valence-corrected chi connectivity index (χ0v) is 17.1. The Kier molecular flexibility index (Phi) is 5.50. The maximum absolute atomic E-state index is 12.7. The van der Waals surface area contributed by atoms with E-state index >= 15 is 0 Å². The number of hydrogen-bond donors (Lipinski definition) is 0. The van der Waals surface area contributed by atoms with Gasteiger partial charge >= 0.3 is 0 Å². The molecule has 27 heavy (non-hydrogen) atoms. The highest BCUT2D eigenvalue weighted by atomic mass is 32.2. The van der Waals surface area contributed by atoms with E-state index in [9.17, 15) is 8.42 Å². The molecule has 2 fully saturated rings. The van der Waals surface area contributed by atoms with Crippen molar-refractivity contribution in [1.82, 2.24) is 9.29 Å². The van der Waals surface area contributed by atoms with Crippen LogP contribution in [-0.4, -0.2) is 57.1 Å². The van der Waals surface area contributed by atoms with Crippen LogP contribution in [0.3, 0.4) is 0 Å². The van der Waals surface area contributed by atoms with Crippen LogP contribution in [0.1, 0.15) is 19.8 Å². The second-order valence-electron chi connectivity index (χ2n) is 7.25. The third-order valence-electron chi connectivity index (χ3n) is 5.18. The van der Waals surface area contributed by atoms with Crippen molar-refractivity contribution < 1.29 is 13.2 Å². The summed E-state index contributed by atoms with van der Waals surface area (Å²) in [5.74, 6) is 0.704. The molecule has 0 aliphatic carbocycles. The quantitative estimate of drug-likeness (QED) is 0.779. The van der Waals surface area contributed by atoms with Gasteiger partial charge in [-0.2, -0.15) is 4.31 Å². The number of benzene rings is 1. The van der Waals surface area contributed by atoms with Crippen molar-refractivity contribution in [3.05, 3.63) is 29.6 Å². The Bertz CT molecular complexity index is 874. The first-order valence-electron chi connectivity index (χ1n) is 9.43. The molecular formula is C19H25N3O3S2. The molecule has 2 aliphatic rings. The Morgan fingerprint density at radius 1 is 1.15 bits per heavy atom. The van der Waals surface area contributed by atoms with E-state index in [2.05, 4.69) is 17.2 Å². The first-order chi connectivity index (χ1) is 13.0. The molecule has 0 saturated carbocycles. The Hall–Kier alpha value is -1.48. The number of aromatic nitrogens is 1. The third kappa shape index (κ3) is 4.03. The van der Waals surface area contributed by atoms with Gasteiger partial charge in [0.1, 0.15) is 0 Å². The fourth-order valence-electron chi connectivity index (χ4n) is 3.64. The monoisotopic (exact) mass is 407 g/mol. The van der Waals surface area contributed by atoms with Crippen molar-refractivity contribution in [3.63, 3.8) is 0 Å². The SMILES string of the molecule is CC1CCCN(c2nc(-c3ccc(S(=O)(=O)N4CCOCC4)cc3)cs2)C1. The Morgan fingerprint density at radius 2 is 1.89 bits per heavy atom. The minimum Gasteiger partial charge on any atom is -0.379 e. The number of hydrogen-bond acceptors (Lipinski definition) is 6. The van der Waals surface area contributed by atoms with Crippen molar-refractivity contribution in [3.8, 4) is 11.3 Å². The summed E-state index contributed by atoms with van der Waals surface area (Å²) in [4.78, 5) is 7.48. The smallest absolute Gasteiger partial charge is 0.243 e. The Balaban J connectivity index is 1.51. The molecule has 146 valence electrons. The minimum atomic E-state index is -3.45. The molecule has 0 amide bonds. The highest BCUT2D eigenvalue weighted by molar-refractivity contribution is 7.89. The van der Waals surface area contributed by atoms with Crippen LogP contribution >= 0.6 is 11.3 Å². The molecule has 2 aromatic rings. The van der Waals surface area contributed by atoms with Crippen molar-refractivity contribution in [2.75, 3.05) is 44.3 Å². The predicted molar refractivity (Wildman–Crippen MR) is 108 cm³/mol. The summed E-state index contributed by atoms with van der Waals surface area (Å²) >= 11 is 1.66. The predicted octanol–water partition coefficient (Wildman–Crippen LogP) is 3.07. The van der Waals surface area contributed by atoms with Crippen LogP contribution in [0.5, 0.6) is 0 Å². The molecule has 1 unspecified atom stereocenters. The molecule has 0 bridgehead atoms. The first kappa shape index (κ1) is 18.9. The summed E-state index contributed by atoms with van der Waals surface area (Å²) in [6.07, 6.45) is 2.50. The van der Waals surface area contributed by atoms with E-state index in [4.69, 9.17) is 9.72 Å². The van der Waals surface area contributed by atoms with Crippen LogP contribution in [0.25, 0.3) is 11.3 Å². The number of sulfonamides is 1. The van der Waals surface area contributed by atoms with Gasteiger partial charge < -0.3 is 9.64 Å². The second-order valence-corrected chi connectivity index (χ2v) is 10.0. The maximum atomic E-state index is 12.7. The summed E-state index contributed by atoms with van der Waals surface area (Å²) in [7, 11) is -3.45. The van der Waals surface area contributed by atoms with Crippen molar-refractivity contribution >= 4 is 26.5 Å². The number of rotatable bonds is 4. The zero-order valence-electron chi connectivity index (χ0n) is 15.5. The van der Waals surface area contributed by atoms with E-state index in [-0.39, 0.29) is 0 Å². The van der Waals surface area contributed by atoms with Crippen LogP contribution in [0.15, 0.2) is 34.5 Å². The molecule has 1 aromatic heterocycles. The molecule has 6 nitrogen and oxygen atoms in total. The number of anilines is 1. The molecule has 2 aliphatic heterocycles. The highest BCUT2D eigenvalue weighted by Crippen LogP contribution is 2.31. The second kappa shape index (κ2) is 7.87. The van der Waals surface area contributed by atoms with Gasteiger partial charge in [-0.1, -0.05) is 19.1 Å². The molecule has 0 N–H and O–H groups in total. The minimum absolute atomic E-state index is 0.327. The molecule has 1 aromatic carbocycles. The van der Waals surface area contributed by atoms with Gasteiger partial charge in [0.15, 0.2) is 5.13 Å². The van der Waals surface area contributed by atoms with Gasteiger partial charge in [-0.25, -0.2) is 13.4 Å². The summed E-state index contributed by atoms with van der Waals surface area (Å²) in [5.41, 5.74) is 1.85. The van der Waals surface area contributed by atoms with Crippen LogP contribution in [-0.2, 0) is 14.8 Å². The lowest BCUT2D eigenvalue weighted by Gasteiger charge is -2.30. The highest BCUT2D eigenvalue weighted by Gasteiger charge is 2.26. The van der Waals surface area contributed by atoms with Crippen LogP contribution in [0.2, 0.25) is 0 Å². The maximum Gasteiger partial charge on any atom is 0.243 e. The molecule has 8 heteroatoms. The third-order valence-corrected chi connectivity index (χ3v) is 7.99. The lowest BCUT2D eigenvalue weighted by molar-refractivity contribution is 0.0730. The fraction of sp³-hybridized carbons (Fsp3) is 0.526. The molecule has 4 rings (SSSR count). The van der Waals surface area contributed by atoms with Crippen LogP contribution in [0, 0.1) is 5.92 Å². The van der Waals surface area contributed by atoms with Gasteiger partial charge in [0, 0.05) is 37.1 Å². The van der Waals surface area contributed by atoms with E-state index < -0.39 is 10.0 Å². The molecule has 1 atom stereocenters. The molecule has 2 saturated heterocycles. The van der Waals surface area contributed by atoms with Gasteiger partial charge in [0.25, 0.3) is 0 Å². The van der Waals surface area contributed by atoms with Crippen molar-refractivity contribution in [2.45, 2.75) is 24.7 Å². The summed E-state index contributed by atoms with van der Waals surface area (Å²) < 4.78 is 32.2. The first-order valence-corrected chi connectivity index (χ1v) is 11.7. The largest absolute Gasteiger partial charge is 0.379 e. The normalized spacial score (nSPS) is 22.1. The molecule has 0 spiro atoms. The van der Waals surface area contributed by atoms with Gasteiger partial charge in [-0.05, 0) is 30.9 Å². The number of nitrogens with zero attached hydrogens (tertiary/aromatic N) is 3. The van der Waals surface area contributed by atoms with E-state index in [0.29, 0.717) is 37.1 Å². The number of thiazole rings is 1. The lowest BCUT2D eigenvalue weighted by atomic mass is 10.0. The van der Waals surface area contributed by atoms with Gasteiger partial charge in [-0.15, -0.1) is 11.3 Å². The van der Waals surface area contributed by atoms with Crippen LogP contribution in [0.4, 0.5) is 5.13 Å². The topological polar surface area (TPSA) is 62.7 Å². The summed E-state index contributed by atoms with van der Waals surface area (Å²) in [6, 6.07) is 7.07. The standard InChI is InChI=1S/C19H25N3O3S2/c1-15-3-2-8-21(13-15)19-20-18(14-26-19)16-4-6-17(7-5-16)27(23,24)22-9-11-25-12-10-22/h4-7,14-15H,2-3,8-13H2,1H3. The average molecular weight is 408 g/mol. The molecular weight excluding hydrogens is 382 g/mol. The molecule has 0 radical (unpaired) electrons. The van der Waals surface area contributed by atoms with Gasteiger partial charge in [-0.3, -0.25) is 0 Å². The average Bonchev–Trinajstić information content (AvgIpc) is 3.19. The number of piperidine rings is 1. The van der Waals surface area contributed by atoms with E-state index in [1.54, 1.807) is 23.5 Å². The lowest BCUT2D eigenvalue weighted by Crippen LogP contribution is -2.40. The molecule has 3 heterocycles. The van der Waals surface area contributed by atoms with Gasteiger partial charge in [0.2, 0.25) is 10.0 Å². The van der Waals surface area contributed by atoms with Crippen LogP contribution < -0.4 is 4.90 Å². The van der Waals surface area contributed by atoms with E-state index in [1.165, 1.54) is 17.1 Å². The Morgan fingerprint density at radius 3 is 2.59 bits per heavy atom. The number of morpholine rings is 1. The fourth-order valence-corrected chi connectivity index (χ4v) is 5.92.